The summed E-state index contributed by atoms with van der Waals surface area (Å²) >= 11 is 5.91. The molecule has 0 amide bonds. The minimum atomic E-state index is -0.355. The number of nitrogens with zero attached hydrogens (tertiary/aromatic N) is 1. The number of pyridine rings is 1. The first-order valence-corrected chi connectivity index (χ1v) is 5.69. The number of rotatable bonds is 4. The van der Waals surface area contributed by atoms with Gasteiger partial charge in [0.1, 0.15) is 18.2 Å². The van der Waals surface area contributed by atoms with Crippen LogP contribution in [0, 0.1) is 5.82 Å². The van der Waals surface area contributed by atoms with Crippen LogP contribution in [0.25, 0.3) is 0 Å². The van der Waals surface area contributed by atoms with Crippen LogP contribution >= 0.6 is 11.6 Å². The lowest BCUT2D eigenvalue weighted by Gasteiger charge is -2.08. The third kappa shape index (κ3) is 3.18. The summed E-state index contributed by atoms with van der Waals surface area (Å²) in [5.74, 6) is 0.180. The van der Waals surface area contributed by atoms with Crippen LogP contribution in [0.3, 0.4) is 0 Å². The predicted molar refractivity (Wildman–Crippen MR) is 65.9 cm³/mol. The van der Waals surface area contributed by atoms with Gasteiger partial charge in [0.15, 0.2) is 0 Å². The Labute approximate surface area is 109 Å². The lowest BCUT2D eigenvalue weighted by atomic mass is 10.2. The highest BCUT2D eigenvalue weighted by molar-refractivity contribution is 6.31. The molecule has 1 N–H and O–H groups in total. The molecule has 1 heterocycles. The molecular weight excluding hydrogens is 257 g/mol. The number of ether oxygens (including phenoxy) is 1. The second-order valence-corrected chi connectivity index (χ2v) is 4.07. The van der Waals surface area contributed by atoms with E-state index in [9.17, 15) is 4.39 Å². The van der Waals surface area contributed by atoms with Gasteiger partial charge in [0.05, 0.1) is 18.5 Å². The first-order chi connectivity index (χ1) is 8.69. The summed E-state index contributed by atoms with van der Waals surface area (Å²) in [6.45, 7) is 0.0484. The average molecular weight is 268 g/mol. The van der Waals surface area contributed by atoms with E-state index in [-0.39, 0.29) is 19.0 Å². The molecule has 0 aliphatic carbocycles. The van der Waals surface area contributed by atoms with Crippen molar-refractivity contribution in [3.8, 4) is 5.75 Å². The molecule has 18 heavy (non-hydrogen) atoms. The minimum Gasteiger partial charge on any atom is -0.487 e. The van der Waals surface area contributed by atoms with Crippen molar-refractivity contribution >= 4 is 11.6 Å². The Morgan fingerprint density at radius 3 is 2.78 bits per heavy atom. The van der Waals surface area contributed by atoms with Crippen LogP contribution in [-0.4, -0.2) is 10.1 Å². The Hall–Kier alpha value is -1.65. The molecule has 0 atom stereocenters. The van der Waals surface area contributed by atoms with E-state index in [1.807, 2.05) is 0 Å². The van der Waals surface area contributed by atoms with Crippen LogP contribution in [-0.2, 0) is 13.2 Å². The Balaban J connectivity index is 2.04. The molecule has 0 aliphatic rings. The molecule has 0 saturated carbocycles. The number of aliphatic hydroxyl groups excluding tert-OH is 1. The number of aromatic nitrogens is 1. The van der Waals surface area contributed by atoms with Crippen molar-refractivity contribution in [2.45, 2.75) is 13.2 Å². The maximum absolute atomic E-state index is 13.0. The van der Waals surface area contributed by atoms with Gasteiger partial charge in [-0.1, -0.05) is 11.6 Å². The predicted octanol–water partition coefficient (Wildman–Crippen LogP) is 2.95. The highest BCUT2D eigenvalue weighted by Crippen LogP contribution is 2.19. The largest absolute Gasteiger partial charge is 0.487 e. The molecule has 1 aromatic heterocycles. The van der Waals surface area contributed by atoms with Gasteiger partial charge in [-0.05, 0) is 30.3 Å². The summed E-state index contributed by atoms with van der Waals surface area (Å²) in [5, 5.41) is 9.30. The van der Waals surface area contributed by atoms with Crippen LogP contribution in [0.1, 0.15) is 11.3 Å². The standard InChI is InChI=1S/C13H11ClFNO2/c14-13-4-1-10(15)5-9(13)8-18-12-3-2-11(7-17)16-6-12/h1-6,17H,7-8H2. The topological polar surface area (TPSA) is 42.4 Å². The Morgan fingerprint density at radius 1 is 1.28 bits per heavy atom. The van der Waals surface area contributed by atoms with Gasteiger partial charge in [0.2, 0.25) is 0 Å². The Kier molecular flexibility index (Phi) is 4.12. The van der Waals surface area contributed by atoms with Crippen LogP contribution in [0.4, 0.5) is 4.39 Å². The molecule has 0 spiro atoms. The van der Waals surface area contributed by atoms with Gasteiger partial charge in [0, 0.05) is 10.6 Å². The highest BCUT2D eigenvalue weighted by atomic mass is 35.5. The smallest absolute Gasteiger partial charge is 0.138 e. The first-order valence-electron chi connectivity index (χ1n) is 5.31. The molecule has 1 aromatic carbocycles. The lowest BCUT2D eigenvalue weighted by Crippen LogP contribution is -1.98. The molecule has 2 rings (SSSR count). The number of hydrogen-bond acceptors (Lipinski definition) is 3. The van der Waals surface area contributed by atoms with Gasteiger partial charge in [-0.2, -0.15) is 0 Å². The molecular formula is C13H11ClFNO2. The van der Waals surface area contributed by atoms with Crippen LogP contribution in [0.15, 0.2) is 36.5 Å². The SMILES string of the molecule is OCc1ccc(OCc2cc(F)ccc2Cl)cn1. The lowest BCUT2D eigenvalue weighted by molar-refractivity contribution is 0.275. The van der Waals surface area contributed by atoms with Crippen molar-refractivity contribution in [2.24, 2.45) is 0 Å². The Morgan fingerprint density at radius 2 is 2.11 bits per heavy atom. The summed E-state index contributed by atoms with van der Waals surface area (Å²) in [6.07, 6.45) is 1.50. The van der Waals surface area contributed by atoms with Crippen molar-refractivity contribution in [3.63, 3.8) is 0 Å². The second kappa shape index (κ2) is 5.80. The van der Waals surface area contributed by atoms with E-state index >= 15 is 0 Å². The van der Waals surface area contributed by atoms with Crippen LogP contribution in [0.2, 0.25) is 5.02 Å². The van der Waals surface area contributed by atoms with E-state index in [1.54, 1.807) is 12.1 Å². The van der Waals surface area contributed by atoms with Crippen molar-refractivity contribution in [1.29, 1.82) is 0 Å². The molecule has 3 nitrogen and oxygen atoms in total. The van der Waals surface area contributed by atoms with E-state index in [4.69, 9.17) is 21.4 Å². The number of benzene rings is 1. The van der Waals surface area contributed by atoms with Gasteiger partial charge < -0.3 is 9.84 Å². The number of aliphatic hydroxyl groups is 1. The van der Waals surface area contributed by atoms with Crippen LogP contribution in [0.5, 0.6) is 5.75 Å². The van der Waals surface area contributed by atoms with Gasteiger partial charge >= 0.3 is 0 Å². The van der Waals surface area contributed by atoms with Gasteiger partial charge in [-0.15, -0.1) is 0 Å². The monoisotopic (exact) mass is 267 g/mol. The molecule has 94 valence electrons. The molecule has 2 aromatic rings. The quantitative estimate of drug-likeness (QED) is 0.926. The van der Waals surface area contributed by atoms with E-state index in [1.165, 1.54) is 24.4 Å². The van der Waals surface area contributed by atoms with E-state index < -0.39 is 0 Å². The maximum Gasteiger partial charge on any atom is 0.138 e. The molecule has 0 radical (unpaired) electrons. The highest BCUT2D eigenvalue weighted by Gasteiger charge is 2.03. The van der Waals surface area contributed by atoms with E-state index in [0.29, 0.717) is 22.0 Å². The number of hydrogen-bond donors (Lipinski definition) is 1. The summed E-state index contributed by atoms with van der Waals surface area (Å²) in [6, 6.07) is 7.46. The third-order valence-electron chi connectivity index (χ3n) is 2.36. The average Bonchev–Trinajstić information content (AvgIpc) is 2.40. The van der Waals surface area contributed by atoms with Gasteiger partial charge in [-0.25, -0.2) is 4.39 Å². The fourth-order valence-corrected chi connectivity index (χ4v) is 1.58. The second-order valence-electron chi connectivity index (χ2n) is 3.67. The van der Waals surface area contributed by atoms with E-state index in [2.05, 4.69) is 4.98 Å². The minimum absolute atomic E-state index is 0.115. The molecule has 5 heteroatoms. The zero-order chi connectivity index (χ0) is 13.0. The molecule has 0 saturated heterocycles. The third-order valence-corrected chi connectivity index (χ3v) is 2.73. The van der Waals surface area contributed by atoms with Crippen molar-refractivity contribution in [2.75, 3.05) is 0 Å². The summed E-state index contributed by atoms with van der Waals surface area (Å²) in [7, 11) is 0. The van der Waals surface area contributed by atoms with E-state index in [0.717, 1.165) is 0 Å². The van der Waals surface area contributed by atoms with Gasteiger partial charge in [0.25, 0.3) is 0 Å². The fraction of sp³-hybridized carbons (Fsp3) is 0.154. The zero-order valence-electron chi connectivity index (χ0n) is 9.44. The number of halogens is 2. The molecule has 0 aliphatic heterocycles. The fourth-order valence-electron chi connectivity index (χ4n) is 1.40. The van der Waals surface area contributed by atoms with Crippen molar-refractivity contribution < 1.29 is 14.2 Å². The maximum atomic E-state index is 13.0. The normalized spacial score (nSPS) is 10.4. The van der Waals surface area contributed by atoms with Crippen molar-refractivity contribution in [1.82, 2.24) is 4.98 Å². The summed E-state index contributed by atoms with van der Waals surface area (Å²) < 4.78 is 18.4. The molecule has 0 unspecified atom stereocenters. The van der Waals surface area contributed by atoms with Gasteiger partial charge in [-0.3, -0.25) is 4.98 Å². The van der Waals surface area contributed by atoms with Crippen LogP contribution < -0.4 is 4.74 Å². The Bertz CT molecular complexity index is 531. The van der Waals surface area contributed by atoms with Crippen molar-refractivity contribution in [3.05, 3.63) is 58.6 Å². The molecule has 0 fully saturated rings. The zero-order valence-corrected chi connectivity index (χ0v) is 10.2. The summed E-state index contributed by atoms with van der Waals surface area (Å²) in [4.78, 5) is 3.97. The molecule has 0 bridgehead atoms. The first kappa shape index (κ1) is 12.8. The summed E-state index contributed by atoms with van der Waals surface area (Å²) in [5.41, 5.74) is 1.13.